The first-order valence-electron chi connectivity index (χ1n) is 9.12. The Morgan fingerprint density at radius 2 is 1.82 bits per heavy atom. The Balaban J connectivity index is 1.66. The second kappa shape index (κ2) is 8.65. The van der Waals surface area contributed by atoms with Gasteiger partial charge in [0.1, 0.15) is 0 Å². The third kappa shape index (κ3) is 4.19. The molecule has 2 aromatic rings. The van der Waals surface area contributed by atoms with Crippen molar-refractivity contribution in [3.05, 3.63) is 59.2 Å². The van der Waals surface area contributed by atoms with E-state index < -0.39 is 5.97 Å². The van der Waals surface area contributed by atoms with Crippen LogP contribution in [0, 0.1) is 0 Å². The monoisotopic (exact) mass is 384 g/mol. The lowest BCUT2D eigenvalue weighted by Gasteiger charge is -2.26. The molecular weight excluding hydrogens is 360 g/mol. The number of likely N-dealkylation sites (tertiary alicyclic amines) is 1. The van der Waals surface area contributed by atoms with Crippen molar-refractivity contribution in [3.8, 4) is 11.5 Å². The fourth-order valence-corrected chi connectivity index (χ4v) is 3.46. The smallest absolute Gasteiger partial charge is 0.335 e. The standard InChI is InChI=1S/C21H24N2O5/c1-27-18-10-9-16(12-19(18)28-2)17-4-3-11-23(17)21(26)22-13-14-5-7-15(8-6-14)20(24)25/h5-10,12,17H,3-4,11,13H2,1-2H3,(H,22,26)(H,24,25). The van der Waals surface area contributed by atoms with Crippen LogP contribution in [0.4, 0.5) is 4.79 Å². The molecule has 1 saturated heterocycles. The van der Waals surface area contributed by atoms with E-state index in [0.29, 0.717) is 24.6 Å². The molecule has 2 N–H and O–H groups in total. The number of hydrogen-bond donors (Lipinski definition) is 2. The average Bonchev–Trinajstić information content (AvgIpc) is 3.21. The molecule has 148 valence electrons. The number of carbonyl (C=O) groups excluding carboxylic acids is 1. The van der Waals surface area contributed by atoms with Crippen molar-refractivity contribution in [2.75, 3.05) is 20.8 Å². The molecule has 0 aromatic heterocycles. The first-order chi connectivity index (χ1) is 13.5. The Hall–Kier alpha value is -3.22. The number of benzene rings is 2. The highest BCUT2D eigenvalue weighted by Crippen LogP contribution is 2.36. The Kier molecular flexibility index (Phi) is 6.03. The Labute approximate surface area is 163 Å². The molecule has 1 aliphatic rings. The molecule has 7 heteroatoms. The van der Waals surface area contributed by atoms with Crippen molar-refractivity contribution >= 4 is 12.0 Å². The first kappa shape index (κ1) is 19.5. The van der Waals surface area contributed by atoms with Crippen molar-refractivity contribution < 1.29 is 24.2 Å². The Morgan fingerprint density at radius 3 is 2.46 bits per heavy atom. The van der Waals surface area contributed by atoms with Crippen molar-refractivity contribution in [2.45, 2.75) is 25.4 Å². The minimum Gasteiger partial charge on any atom is -0.493 e. The van der Waals surface area contributed by atoms with Crippen LogP contribution in [0.1, 0.15) is 40.4 Å². The number of rotatable bonds is 6. The molecule has 1 aliphatic heterocycles. The van der Waals surface area contributed by atoms with E-state index in [-0.39, 0.29) is 17.6 Å². The van der Waals surface area contributed by atoms with Crippen LogP contribution in [-0.4, -0.2) is 42.8 Å². The van der Waals surface area contributed by atoms with Gasteiger partial charge >= 0.3 is 12.0 Å². The van der Waals surface area contributed by atoms with Crippen LogP contribution in [-0.2, 0) is 6.54 Å². The fourth-order valence-electron chi connectivity index (χ4n) is 3.46. The highest BCUT2D eigenvalue weighted by molar-refractivity contribution is 5.87. The number of nitrogens with one attached hydrogen (secondary N) is 1. The summed E-state index contributed by atoms with van der Waals surface area (Å²) in [5, 5.41) is 11.9. The van der Waals surface area contributed by atoms with E-state index >= 15 is 0 Å². The number of nitrogens with zero attached hydrogens (tertiary/aromatic N) is 1. The van der Waals surface area contributed by atoms with E-state index in [2.05, 4.69) is 5.32 Å². The number of carboxylic acid groups (broad SMARTS) is 1. The predicted molar refractivity (Wildman–Crippen MR) is 104 cm³/mol. The summed E-state index contributed by atoms with van der Waals surface area (Å²) >= 11 is 0. The van der Waals surface area contributed by atoms with Crippen LogP contribution >= 0.6 is 0 Å². The number of ether oxygens (including phenoxy) is 2. The maximum absolute atomic E-state index is 12.7. The van der Waals surface area contributed by atoms with E-state index in [1.807, 2.05) is 23.1 Å². The molecule has 0 bridgehead atoms. The molecule has 2 amide bonds. The summed E-state index contributed by atoms with van der Waals surface area (Å²) in [6, 6.07) is 12.1. The van der Waals surface area contributed by atoms with Crippen LogP contribution in [0.25, 0.3) is 0 Å². The second-order valence-electron chi connectivity index (χ2n) is 6.63. The van der Waals surface area contributed by atoms with Crippen LogP contribution in [0.2, 0.25) is 0 Å². The van der Waals surface area contributed by atoms with E-state index in [9.17, 15) is 9.59 Å². The maximum Gasteiger partial charge on any atom is 0.335 e. The molecule has 0 spiro atoms. The predicted octanol–water partition coefficient (Wildman–Crippen LogP) is 3.45. The first-order valence-corrected chi connectivity index (χ1v) is 9.12. The lowest BCUT2D eigenvalue weighted by atomic mass is 10.0. The molecule has 28 heavy (non-hydrogen) atoms. The number of aromatic carboxylic acids is 1. The SMILES string of the molecule is COc1ccc(C2CCCN2C(=O)NCc2ccc(C(=O)O)cc2)cc1OC. The molecule has 1 unspecified atom stereocenters. The van der Waals surface area contributed by atoms with E-state index in [0.717, 1.165) is 24.0 Å². The quantitative estimate of drug-likeness (QED) is 0.796. The van der Waals surface area contributed by atoms with Gasteiger partial charge in [-0.15, -0.1) is 0 Å². The summed E-state index contributed by atoms with van der Waals surface area (Å²) in [4.78, 5) is 25.5. The van der Waals surface area contributed by atoms with Crippen LogP contribution in [0.15, 0.2) is 42.5 Å². The number of carbonyl (C=O) groups is 2. The summed E-state index contributed by atoms with van der Waals surface area (Å²) < 4.78 is 10.7. The number of carboxylic acids is 1. The highest BCUT2D eigenvalue weighted by atomic mass is 16.5. The maximum atomic E-state index is 12.7. The largest absolute Gasteiger partial charge is 0.493 e. The Morgan fingerprint density at radius 1 is 1.11 bits per heavy atom. The zero-order valence-corrected chi connectivity index (χ0v) is 16.0. The van der Waals surface area contributed by atoms with E-state index in [1.54, 1.807) is 26.4 Å². The lowest BCUT2D eigenvalue weighted by Crippen LogP contribution is -2.39. The molecule has 0 saturated carbocycles. The van der Waals surface area contributed by atoms with Gasteiger partial charge in [0.2, 0.25) is 0 Å². The number of hydrogen-bond acceptors (Lipinski definition) is 4. The van der Waals surface area contributed by atoms with Gasteiger partial charge in [0, 0.05) is 13.1 Å². The molecular formula is C21H24N2O5. The van der Waals surface area contributed by atoms with Crippen LogP contribution in [0.5, 0.6) is 11.5 Å². The molecule has 1 fully saturated rings. The highest BCUT2D eigenvalue weighted by Gasteiger charge is 2.30. The van der Waals surface area contributed by atoms with Crippen LogP contribution < -0.4 is 14.8 Å². The number of urea groups is 1. The summed E-state index contributed by atoms with van der Waals surface area (Å²) in [5.74, 6) is 0.334. The lowest BCUT2D eigenvalue weighted by molar-refractivity contribution is 0.0697. The Bertz CT molecular complexity index is 850. The number of methoxy groups -OCH3 is 2. The summed E-state index contributed by atoms with van der Waals surface area (Å²) in [6.45, 7) is 1.02. The molecule has 3 rings (SSSR count). The summed E-state index contributed by atoms with van der Waals surface area (Å²) in [6.07, 6.45) is 1.82. The molecule has 7 nitrogen and oxygen atoms in total. The molecule has 1 atom stereocenters. The summed E-state index contributed by atoms with van der Waals surface area (Å²) in [5.41, 5.74) is 2.08. The third-order valence-electron chi connectivity index (χ3n) is 4.95. The van der Waals surface area contributed by atoms with Crippen molar-refractivity contribution in [2.24, 2.45) is 0 Å². The van der Waals surface area contributed by atoms with Crippen LogP contribution in [0.3, 0.4) is 0 Å². The molecule has 0 aliphatic carbocycles. The van der Waals surface area contributed by atoms with Gasteiger partial charge < -0.3 is 24.8 Å². The number of amides is 2. The minimum absolute atomic E-state index is 0.0193. The zero-order valence-electron chi connectivity index (χ0n) is 16.0. The van der Waals surface area contributed by atoms with Gasteiger partial charge in [-0.2, -0.15) is 0 Å². The molecule has 2 aromatic carbocycles. The fraction of sp³-hybridized carbons (Fsp3) is 0.333. The van der Waals surface area contributed by atoms with Gasteiger partial charge in [-0.1, -0.05) is 18.2 Å². The zero-order chi connectivity index (χ0) is 20.1. The van der Waals surface area contributed by atoms with Crippen molar-refractivity contribution in [3.63, 3.8) is 0 Å². The van der Waals surface area contributed by atoms with Crippen molar-refractivity contribution in [1.82, 2.24) is 10.2 Å². The van der Waals surface area contributed by atoms with Gasteiger partial charge in [0.15, 0.2) is 11.5 Å². The third-order valence-corrected chi connectivity index (χ3v) is 4.95. The summed E-state index contributed by atoms with van der Waals surface area (Å²) in [7, 11) is 3.19. The molecule has 1 heterocycles. The van der Waals surface area contributed by atoms with E-state index in [4.69, 9.17) is 14.6 Å². The van der Waals surface area contributed by atoms with Crippen molar-refractivity contribution in [1.29, 1.82) is 0 Å². The molecule has 0 radical (unpaired) electrons. The normalized spacial score (nSPS) is 15.9. The van der Waals surface area contributed by atoms with Gasteiger partial charge in [-0.05, 0) is 48.2 Å². The van der Waals surface area contributed by atoms with Gasteiger partial charge in [0.25, 0.3) is 0 Å². The second-order valence-corrected chi connectivity index (χ2v) is 6.63. The minimum atomic E-state index is -0.967. The van der Waals surface area contributed by atoms with Gasteiger partial charge in [-0.3, -0.25) is 0 Å². The topological polar surface area (TPSA) is 88.1 Å². The van der Waals surface area contributed by atoms with Gasteiger partial charge in [0.05, 0.1) is 25.8 Å². The average molecular weight is 384 g/mol. The van der Waals surface area contributed by atoms with Gasteiger partial charge in [-0.25, -0.2) is 9.59 Å². The van der Waals surface area contributed by atoms with E-state index in [1.165, 1.54) is 12.1 Å².